The minimum atomic E-state index is 0.263. The van der Waals surface area contributed by atoms with E-state index >= 15 is 0 Å². The van der Waals surface area contributed by atoms with Gasteiger partial charge < -0.3 is 16.4 Å². The molecule has 0 saturated heterocycles. The van der Waals surface area contributed by atoms with Gasteiger partial charge in [-0.25, -0.2) is 4.99 Å². The molecule has 0 bridgehead atoms. The number of fused-ring (bicyclic) bond motifs is 1. The third-order valence-electron chi connectivity index (χ3n) is 4.13. The van der Waals surface area contributed by atoms with E-state index in [9.17, 15) is 0 Å². The zero-order valence-electron chi connectivity index (χ0n) is 16.4. The SMILES string of the molecule is C=C(NCC1=CCC2N=CC=CC2=C1)/C(N)=N\C=C(/C)N/C(C)=C/C=C/C. The lowest BCUT2D eigenvalue weighted by atomic mass is 9.93. The summed E-state index contributed by atoms with van der Waals surface area (Å²) in [6, 6.07) is 0.263. The molecule has 0 aromatic carbocycles. The lowest BCUT2D eigenvalue weighted by Crippen LogP contribution is -2.27. The van der Waals surface area contributed by atoms with Crippen molar-refractivity contribution >= 4 is 12.1 Å². The van der Waals surface area contributed by atoms with Gasteiger partial charge in [0.15, 0.2) is 0 Å². The maximum absolute atomic E-state index is 6.02. The van der Waals surface area contributed by atoms with E-state index < -0.39 is 0 Å². The Kier molecular flexibility index (Phi) is 7.62. The molecular formula is C22H29N5. The number of rotatable bonds is 8. The van der Waals surface area contributed by atoms with Crippen molar-refractivity contribution in [1.29, 1.82) is 0 Å². The van der Waals surface area contributed by atoms with Crippen LogP contribution in [0.5, 0.6) is 0 Å². The summed E-state index contributed by atoms with van der Waals surface area (Å²) in [6.07, 6.45) is 18.9. The fourth-order valence-electron chi connectivity index (χ4n) is 2.67. The first-order chi connectivity index (χ1) is 13.0. The van der Waals surface area contributed by atoms with E-state index in [0.717, 1.165) is 17.8 Å². The van der Waals surface area contributed by atoms with Crippen molar-refractivity contribution in [3.05, 3.63) is 83.5 Å². The van der Waals surface area contributed by atoms with Gasteiger partial charge in [-0.05, 0) is 50.5 Å². The summed E-state index contributed by atoms with van der Waals surface area (Å²) < 4.78 is 0. The maximum atomic E-state index is 6.02. The lowest BCUT2D eigenvalue weighted by molar-refractivity contribution is 0.775. The predicted molar refractivity (Wildman–Crippen MR) is 116 cm³/mol. The Morgan fingerprint density at radius 2 is 2.22 bits per heavy atom. The number of nitrogens with zero attached hydrogens (tertiary/aromatic N) is 2. The van der Waals surface area contributed by atoms with Crippen LogP contribution in [0.25, 0.3) is 0 Å². The van der Waals surface area contributed by atoms with Gasteiger partial charge in [-0.1, -0.05) is 37.0 Å². The van der Waals surface area contributed by atoms with Crippen molar-refractivity contribution in [2.24, 2.45) is 15.7 Å². The summed E-state index contributed by atoms with van der Waals surface area (Å²) in [6.45, 7) is 10.6. The minimum Gasteiger partial charge on any atom is -0.382 e. The summed E-state index contributed by atoms with van der Waals surface area (Å²) in [5.41, 5.74) is 11.0. The van der Waals surface area contributed by atoms with Crippen LogP contribution in [0.15, 0.2) is 93.5 Å². The number of allylic oxidation sites excluding steroid dienone is 6. The Balaban J connectivity index is 1.86. The number of dihydropyridines is 1. The van der Waals surface area contributed by atoms with Crippen molar-refractivity contribution in [3.63, 3.8) is 0 Å². The Hall–Kier alpha value is -3.08. The van der Waals surface area contributed by atoms with Gasteiger partial charge in [-0.3, -0.25) is 4.99 Å². The highest BCUT2D eigenvalue weighted by atomic mass is 15.0. The molecule has 0 aromatic heterocycles. The topological polar surface area (TPSA) is 74.8 Å². The highest BCUT2D eigenvalue weighted by Crippen LogP contribution is 2.23. The van der Waals surface area contributed by atoms with Gasteiger partial charge in [0.2, 0.25) is 0 Å². The molecule has 0 amide bonds. The molecule has 4 N–H and O–H groups in total. The molecular weight excluding hydrogens is 334 g/mol. The van der Waals surface area contributed by atoms with Gasteiger partial charge in [-0.15, -0.1) is 0 Å². The first-order valence-corrected chi connectivity index (χ1v) is 9.10. The second kappa shape index (κ2) is 10.2. The van der Waals surface area contributed by atoms with E-state index in [2.05, 4.69) is 45.4 Å². The highest BCUT2D eigenvalue weighted by molar-refractivity contribution is 5.96. The van der Waals surface area contributed by atoms with Crippen molar-refractivity contribution in [1.82, 2.24) is 10.6 Å². The first kappa shape index (κ1) is 20.2. The van der Waals surface area contributed by atoms with Crippen LogP contribution in [-0.4, -0.2) is 24.6 Å². The summed E-state index contributed by atoms with van der Waals surface area (Å²) in [5, 5.41) is 6.49. The molecule has 5 nitrogen and oxygen atoms in total. The molecule has 0 fully saturated rings. The van der Waals surface area contributed by atoms with Crippen LogP contribution in [-0.2, 0) is 0 Å². The Morgan fingerprint density at radius 1 is 1.41 bits per heavy atom. The Labute approximate surface area is 162 Å². The van der Waals surface area contributed by atoms with Crippen LogP contribution in [0.3, 0.4) is 0 Å². The molecule has 1 atom stereocenters. The van der Waals surface area contributed by atoms with E-state index in [-0.39, 0.29) is 6.04 Å². The van der Waals surface area contributed by atoms with Gasteiger partial charge in [0, 0.05) is 30.4 Å². The zero-order valence-corrected chi connectivity index (χ0v) is 16.4. The minimum absolute atomic E-state index is 0.263. The third-order valence-corrected chi connectivity index (χ3v) is 4.13. The second-order valence-electron chi connectivity index (χ2n) is 6.49. The predicted octanol–water partition coefficient (Wildman–Crippen LogP) is 3.64. The second-order valence-corrected chi connectivity index (χ2v) is 6.49. The van der Waals surface area contributed by atoms with Gasteiger partial charge >= 0.3 is 0 Å². The molecule has 0 saturated carbocycles. The normalized spacial score (nSPS) is 20.3. The molecule has 1 aliphatic carbocycles. The molecule has 1 heterocycles. The molecule has 1 aliphatic heterocycles. The summed E-state index contributed by atoms with van der Waals surface area (Å²) in [5.74, 6) is 0.371. The molecule has 27 heavy (non-hydrogen) atoms. The van der Waals surface area contributed by atoms with Crippen molar-refractivity contribution < 1.29 is 0 Å². The van der Waals surface area contributed by atoms with Crippen LogP contribution in [0.4, 0.5) is 0 Å². The fraction of sp³-hybridized carbons (Fsp3) is 0.273. The molecule has 0 spiro atoms. The van der Waals surface area contributed by atoms with Gasteiger partial charge in [0.05, 0.1) is 11.7 Å². The number of hydrogen-bond acceptors (Lipinski definition) is 4. The van der Waals surface area contributed by atoms with Crippen LogP contribution in [0.1, 0.15) is 27.2 Å². The van der Waals surface area contributed by atoms with Crippen molar-refractivity contribution in [2.45, 2.75) is 33.2 Å². The monoisotopic (exact) mass is 363 g/mol. The van der Waals surface area contributed by atoms with Crippen LogP contribution < -0.4 is 16.4 Å². The zero-order chi connectivity index (χ0) is 19.6. The van der Waals surface area contributed by atoms with Crippen LogP contribution in [0, 0.1) is 0 Å². The van der Waals surface area contributed by atoms with E-state index in [1.165, 1.54) is 11.1 Å². The number of hydrogen-bond donors (Lipinski definition) is 3. The Bertz CT molecular complexity index is 801. The van der Waals surface area contributed by atoms with E-state index in [4.69, 9.17) is 5.73 Å². The first-order valence-electron chi connectivity index (χ1n) is 9.10. The largest absolute Gasteiger partial charge is 0.382 e. The van der Waals surface area contributed by atoms with Gasteiger partial charge in [0.1, 0.15) is 5.84 Å². The van der Waals surface area contributed by atoms with Crippen molar-refractivity contribution in [2.75, 3.05) is 6.54 Å². The number of nitrogens with one attached hydrogen (secondary N) is 2. The van der Waals surface area contributed by atoms with Crippen molar-refractivity contribution in [3.8, 4) is 0 Å². The average molecular weight is 364 g/mol. The van der Waals surface area contributed by atoms with E-state index in [1.807, 2.05) is 51.3 Å². The molecule has 1 unspecified atom stereocenters. The summed E-state index contributed by atoms with van der Waals surface area (Å²) in [4.78, 5) is 8.75. The molecule has 142 valence electrons. The number of amidine groups is 1. The Morgan fingerprint density at radius 3 is 3.00 bits per heavy atom. The quantitative estimate of drug-likeness (QED) is 0.350. The average Bonchev–Trinajstić information content (AvgIpc) is 2.68. The molecule has 2 aliphatic rings. The smallest absolute Gasteiger partial charge is 0.146 e. The lowest BCUT2D eigenvalue weighted by Gasteiger charge is -2.21. The van der Waals surface area contributed by atoms with Crippen LogP contribution >= 0.6 is 0 Å². The fourth-order valence-corrected chi connectivity index (χ4v) is 2.67. The number of nitrogens with two attached hydrogens (primary N) is 1. The highest BCUT2D eigenvalue weighted by Gasteiger charge is 2.16. The molecule has 0 radical (unpaired) electrons. The standard InChI is InChI=1S/C22H29N5/c1-5-6-8-16(2)27-17(3)14-26-22(23)18(4)25-15-19-10-11-21-20(13-19)9-7-12-24-21/h5-10,12-14,21,25,27H,4,11,15H2,1-3H3,(H2,23,26)/b6-5+,16-8+,17-14+. The van der Waals surface area contributed by atoms with E-state index in [0.29, 0.717) is 18.1 Å². The molecule has 0 aromatic rings. The van der Waals surface area contributed by atoms with Gasteiger partial charge in [-0.2, -0.15) is 0 Å². The summed E-state index contributed by atoms with van der Waals surface area (Å²) in [7, 11) is 0. The number of aliphatic imine (C=N–C) groups is 2. The molecule has 2 rings (SSSR count). The van der Waals surface area contributed by atoms with Crippen LogP contribution in [0.2, 0.25) is 0 Å². The third kappa shape index (κ3) is 6.62. The maximum Gasteiger partial charge on any atom is 0.146 e. The van der Waals surface area contributed by atoms with Gasteiger partial charge in [0.25, 0.3) is 0 Å². The van der Waals surface area contributed by atoms with E-state index in [1.54, 1.807) is 6.20 Å². The summed E-state index contributed by atoms with van der Waals surface area (Å²) >= 11 is 0. The molecule has 5 heteroatoms.